The van der Waals surface area contributed by atoms with Gasteiger partial charge < -0.3 is 14.4 Å². The summed E-state index contributed by atoms with van der Waals surface area (Å²) in [4.78, 5) is 27.1. The number of para-hydroxylation sites is 2. The predicted molar refractivity (Wildman–Crippen MR) is 146 cm³/mol. The van der Waals surface area contributed by atoms with Crippen LogP contribution in [0, 0.1) is 20.8 Å². The summed E-state index contributed by atoms with van der Waals surface area (Å²) in [7, 11) is 1.62. The normalized spacial score (nSPS) is 10.4. The monoisotopic (exact) mass is 524 g/mol. The Bertz CT molecular complexity index is 933. The molecule has 194 valence electrons. The van der Waals surface area contributed by atoms with Gasteiger partial charge in [0, 0.05) is 25.9 Å². The summed E-state index contributed by atoms with van der Waals surface area (Å²) in [6.07, 6.45) is 0.870. The van der Waals surface area contributed by atoms with Crippen LogP contribution in [0.2, 0.25) is 0 Å². The van der Waals surface area contributed by atoms with Crippen molar-refractivity contribution in [1.29, 1.82) is 0 Å². The van der Waals surface area contributed by atoms with Crippen LogP contribution in [0.25, 0.3) is 0 Å². The van der Waals surface area contributed by atoms with Crippen molar-refractivity contribution in [1.82, 2.24) is 0 Å². The molecule has 6 nitrogen and oxygen atoms in total. The summed E-state index contributed by atoms with van der Waals surface area (Å²) in [6, 6.07) is 12.0. The van der Waals surface area contributed by atoms with Crippen molar-refractivity contribution in [3.8, 4) is 0 Å². The van der Waals surface area contributed by atoms with Crippen molar-refractivity contribution in [2.24, 2.45) is 0 Å². The summed E-state index contributed by atoms with van der Waals surface area (Å²) in [5, 5.41) is 0. The molecular formula is C27H38Cl2N2O4. The highest BCUT2D eigenvalue weighted by atomic mass is 35.5. The maximum Gasteiger partial charge on any atom is 0.243 e. The van der Waals surface area contributed by atoms with Gasteiger partial charge in [-0.1, -0.05) is 43.3 Å². The van der Waals surface area contributed by atoms with Crippen molar-refractivity contribution >= 4 is 46.4 Å². The van der Waals surface area contributed by atoms with E-state index in [1.165, 1.54) is 0 Å². The lowest BCUT2D eigenvalue weighted by molar-refractivity contribution is -0.117. The lowest BCUT2D eigenvalue weighted by Gasteiger charge is -2.25. The van der Waals surface area contributed by atoms with Crippen LogP contribution in [0.4, 0.5) is 11.4 Å². The van der Waals surface area contributed by atoms with Crippen LogP contribution in [0.1, 0.15) is 36.1 Å². The number of halogens is 2. The molecule has 0 aromatic heterocycles. The van der Waals surface area contributed by atoms with Gasteiger partial charge in [-0.2, -0.15) is 0 Å². The van der Waals surface area contributed by atoms with E-state index in [0.717, 1.165) is 40.0 Å². The molecular weight excluding hydrogens is 487 g/mol. The Hall–Kier alpha value is -2.12. The van der Waals surface area contributed by atoms with Crippen molar-refractivity contribution in [2.75, 3.05) is 55.2 Å². The van der Waals surface area contributed by atoms with Crippen molar-refractivity contribution < 1.29 is 19.1 Å². The van der Waals surface area contributed by atoms with Crippen molar-refractivity contribution in [3.63, 3.8) is 0 Å². The molecule has 0 aliphatic carbocycles. The molecule has 0 unspecified atom stereocenters. The summed E-state index contributed by atoms with van der Waals surface area (Å²) >= 11 is 11.3. The zero-order valence-corrected chi connectivity index (χ0v) is 23.2. The number of methoxy groups -OCH3 is 1. The lowest BCUT2D eigenvalue weighted by atomic mass is 10.0. The maximum absolute atomic E-state index is 12.0. The molecule has 8 heteroatoms. The number of carbonyl (C=O) groups is 2. The Balaban J connectivity index is 0.000000351. The first-order valence-electron chi connectivity index (χ1n) is 11.7. The molecule has 2 amide bonds. The molecule has 0 N–H and O–H groups in total. The number of anilines is 2. The molecule has 0 aliphatic rings. The number of hydrogen-bond acceptors (Lipinski definition) is 4. The van der Waals surface area contributed by atoms with E-state index in [9.17, 15) is 9.59 Å². The highest BCUT2D eigenvalue weighted by molar-refractivity contribution is 6.29. The summed E-state index contributed by atoms with van der Waals surface area (Å²) in [6.45, 7) is 11.8. The first-order valence-corrected chi connectivity index (χ1v) is 12.8. The van der Waals surface area contributed by atoms with Crippen molar-refractivity contribution in [3.05, 3.63) is 58.7 Å². The Morgan fingerprint density at radius 3 is 1.83 bits per heavy atom. The van der Waals surface area contributed by atoms with E-state index in [2.05, 4.69) is 6.92 Å². The van der Waals surface area contributed by atoms with Gasteiger partial charge >= 0.3 is 0 Å². The second-order valence-corrected chi connectivity index (χ2v) is 8.46. The minimum atomic E-state index is -0.130. The fourth-order valence-electron chi connectivity index (χ4n) is 3.75. The number of rotatable bonds is 11. The maximum atomic E-state index is 12.0. The van der Waals surface area contributed by atoms with Crippen LogP contribution in [0.15, 0.2) is 36.4 Å². The third-order valence-corrected chi connectivity index (χ3v) is 5.91. The smallest absolute Gasteiger partial charge is 0.243 e. The Morgan fingerprint density at radius 2 is 1.34 bits per heavy atom. The molecule has 2 aromatic carbocycles. The molecule has 35 heavy (non-hydrogen) atoms. The highest BCUT2D eigenvalue weighted by Crippen LogP contribution is 2.26. The molecule has 0 bridgehead atoms. The van der Waals surface area contributed by atoms with Crippen LogP contribution in [-0.4, -0.2) is 57.2 Å². The van der Waals surface area contributed by atoms with E-state index >= 15 is 0 Å². The van der Waals surface area contributed by atoms with Gasteiger partial charge in [0.25, 0.3) is 0 Å². The van der Waals surface area contributed by atoms with Gasteiger partial charge in [-0.25, -0.2) is 0 Å². The predicted octanol–water partition coefficient (Wildman–Crippen LogP) is 5.64. The van der Waals surface area contributed by atoms with Crippen LogP contribution in [-0.2, 0) is 25.5 Å². The second-order valence-electron chi connectivity index (χ2n) is 7.93. The standard InChI is InChI=1S/C14H20ClNO2.C13H18ClNO2/c1-4-12-8-6-7-11(3)14(12)16(10-18-5-2)13(17)9-15;1-10-5-4-6-11(2)13(10)15(7-8-17-3)12(16)9-14/h6-8H,4-5,9-10H2,1-3H3;4-6H,7-9H2,1-3H3. The van der Waals surface area contributed by atoms with Gasteiger partial charge in [-0.3, -0.25) is 14.5 Å². The number of benzene rings is 2. The number of hydrogen-bond donors (Lipinski definition) is 0. The average molecular weight is 526 g/mol. The fraction of sp³-hybridized carbons (Fsp3) is 0.481. The van der Waals surface area contributed by atoms with Crippen molar-refractivity contribution in [2.45, 2.75) is 41.0 Å². The lowest BCUT2D eigenvalue weighted by Crippen LogP contribution is -2.35. The topological polar surface area (TPSA) is 59.1 Å². The molecule has 0 saturated carbocycles. The summed E-state index contributed by atoms with van der Waals surface area (Å²) < 4.78 is 10.4. The Kier molecular flexibility index (Phi) is 14.6. The highest BCUT2D eigenvalue weighted by Gasteiger charge is 2.19. The van der Waals surface area contributed by atoms with E-state index in [0.29, 0.717) is 19.8 Å². The zero-order chi connectivity index (χ0) is 26.4. The van der Waals surface area contributed by atoms with Crippen LogP contribution < -0.4 is 9.80 Å². The Labute approximate surface area is 220 Å². The van der Waals surface area contributed by atoms with E-state index in [1.54, 1.807) is 16.9 Å². The molecule has 2 aromatic rings. The summed E-state index contributed by atoms with van der Waals surface area (Å²) in [5.74, 6) is -0.280. The first kappa shape index (κ1) is 30.9. The molecule has 0 spiro atoms. The van der Waals surface area contributed by atoms with Gasteiger partial charge in [0.1, 0.15) is 18.5 Å². The van der Waals surface area contributed by atoms with E-state index in [1.807, 2.05) is 64.1 Å². The van der Waals surface area contributed by atoms with E-state index < -0.39 is 0 Å². The van der Waals surface area contributed by atoms with Crippen LogP contribution in [0.5, 0.6) is 0 Å². The zero-order valence-electron chi connectivity index (χ0n) is 21.7. The molecule has 0 radical (unpaired) electrons. The summed E-state index contributed by atoms with van der Waals surface area (Å²) in [5.41, 5.74) is 6.20. The Morgan fingerprint density at radius 1 is 0.829 bits per heavy atom. The van der Waals surface area contributed by atoms with E-state index in [4.69, 9.17) is 32.7 Å². The first-order chi connectivity index (χ1) is 16.8. The number of carbonyl (C=O) groups excluding carboxylic acids is 2. The number of ether oxygens (including phenoxy) is 2. The molecule has 0 atom stereocenters. The number of amides is 2. The van der Waals surface area contributed by atoms with Gasteiger partial charge in [0.05, 0.1) is 12.3 Å². The van der Waals surface area contributed by atoms with E-state index in [-0.39, 0.29) is 30.3 Å². The van der Waals surface area contributed by atoms with Crippen LogP contribution in [0.3, 0.4) is 0 Å². The van der Waals surface area contributed by atoms with Gasteiger partial charge in [-0.05, 0) is 56.4 Å². The molecule has 2 rings (SSSR count). The second kappa shape index (κ2) is 16.5. The van der Waals surface area contributed by atoms with Gasteiger partial charge in [-0.15, -0.1) is 23.2 Å². The SMILES string of the molecule is CCOCN(C(=O)CCl)c1c(C)cccc1CC.COCCN(C(=O)CCl)c1c(C)cccc1C. The molecule has 0 aliphatic heterocycles. The number of aryl methyl sites for hydroxylation is 4. The van der Waals surface area contributed by atoms with Gasteiger partial charge in [0.2, 0.25) is 11.8 Å². The fourth-order valence-corrected chi connectivity index (χ4v) is 4.04. The molecule has 0 heterocycles. The largest absolute Gasteiger partial charge is 0.383 e. The minimum Gasteiger partial charge on any atom is -0.383 e. The number of nitrogens with zero attached hydrogens (tertiary/aromatic N) is 2. The minimum absolute atomic E-state index is 0.0164. The third kappa shape index (κ3) is 9.12. The third-order valence-electron chi connectivity index (χ3n) is 5.46. The number of alkyl halides is 2. The quantitative estimate of drug-likeness (QED) is 0.281. The van der Waals surface area contributed by atoms with Crippen LogP contribution >= 0.6 is 23.2 Å². The molecule has 0 fully saturated rings. The van der Waals surface area contributed by atoms with Gasteiger partial charge in [0.15, 0.2) is 0 Å². The average Bonchev–Trinajstić information content (AvgIpc) is 2.86. The molecule has 0 saturated heterocycles.